The number of morpholine rings is 1. The highest BCUT2D eigenvalue weighted by Crippen LogP contribution is 2.41. The third-order valence-corrected chi connectivity index (χ3v) is 7.46. The quantitative estimate of drug-likeness (QED) is 0.272. The van der Waals surface area contributed by atoms with E-state index in [2.05, 4.69) is 27.4 Å². The molecule has 0 unspecified atom stereocenters. The van der Waals surface area contributed by atoms with E-state index in [1.165, 1.54) is 11.8 Å². The topological polar surface area (TPSA) is 64.3 Å². The summed E-state index contributed by atoms with van der Waals surface area (Å²) in [5.41, 5.74) is 3.70. The molecular weight excluding hydrogens is 476 g/mol. The molecule has 4 heterocycles. The minimum atomic E-state index is 0.537. The van der Waals surface area contributed by atoms with E-state index in [-0.39, 0.29) is 0 Å². The van der Waals surface area contributed by atoms with Gasteiger partial charge in [0.15, 0.2) is 5.58 Å². The van der Waals surface area contributed by atoms with Crippen LogP contribution in [0.1, 0.15) is 5.82 Å². The molecule has 1 fully saturated rings. The number of halogens is 1. The fourth-order valence-electron chi connectivity index (χ4n) is 3.89. The van der Waals surface area contributed by atoms with Gasteiger partial charge in [0, 0.05) is 29.1 Å². The summed E-state index contributed by atoms with van der Waals surface area (Å²) in [4.78, 5) is 17.8. The minimum absolute atomic E-state index is 0.537. The lowest BCUT2D eigenvalue weighted by Crippen LogP contribution is -2.36. The Bertz CT molecular complexity index is 1430. The molecule has 0 aliphatic carbocycles. The number of oxazole rings is 1. The Hall–Kier alpha value is -2.49. The van der Waals surface area contributed by atoms with Gasteiger partial charge in [0.2, 0.25) is 0 Å². The van der Waals surface area contributed by atoms with E-state index < -0.39 is 0 Å². The lowest BCUT2D eigenvalue weighted by Gasteiger charge is -2.25. The standard InChI is InChI=1S/C24H19ClN4O2S2/c25-16-6-7-19-18(12-16)26-24(31-19)33-23-21-17(15-4-2-1-3-5-15)14-32-22(21)27-20(28-23)13-29-8-10-30-11-9-29/h1-7,12,14H,8-11,13H2. The average Bonchev–Trinajstić information content (AvgIpc) is 3.44. The summed E-state index contributed by atoms with van der Waals surface area (Å²) in [5.74, 6) is 0.799. The van der Waals surface area contributed by atoms with Crippen LogP contribution in [0.4, 0.5) is 0 Å². The Balaban J connectivity index is 1.44. The molecule has 5 aromatic rings. The smallest absolute Gasteiger partial charge is 0.263 e. The molecule has 3 aromatic heterocycles. The number of rotatable bonds is 5. The van der Waals surface area contributed by atoms with Crippen LogP contribution in [0.3, 0.4) is 0 Å². The number of hydrogen-bond donors (Lipinski definition) is 0. The molecule has 1 saturated heterocycles. The number of fused-ring (bicyclic) bond motifs is 2. The molecule has 6 nitrogen and oxygen atoms in total. The highest BCUT2D eigenvalue weighted by molar-refractivity contribution is 7.99. The number of nitrogens with zero attached hydrogens (tertiary/aromatic N) is 4. The van der Waals surface area contributed by atoms with E-state index in [9.17, 15) is 0 Å². The van der Waals surface area contributed by atoms with Crippen molar-refractivity contribution in [2.24, 2.45) is 0 Å². The maximum atomic E-state index is 6.13. The third-order valence-electron chi connectivity index (χ3n) is 5.51. The Labute approximate surface area is 203 Å². The minimum Gasteiger partial charge on any atom is -0.431 e. The molecule has 33 heavy (non-hydrogen) atoms. The van der Waals surface area contributed by atoms with Gasteiger partial charge in [-0.1, -0.05) is 41.9 Å². The van der Waals surface area contributed by atoms with Crippen LogP contribution in [0, 0.1) is 0 Å². The number of ether oxygens (including phenoxy) is 1. The molecule has 2 aromatic carbocycles. The molecule has 0 saturated carbocycles. The van der Waals surface area contributed by atoms with Gasteiger partial charge in [0.05, 0.1) is 25.1 Å². The average molecular weight is 495 g/mol. The van der Waals surface area contributed by atoms with Crippen LogP contribution in [0.25, 0.3) is 32.4 Å². The number of benzene rings is 2. The van der Waals surface area contributed by atoms with Gasteiger partial charge in [-0.25, -0.2) is 15.0 Å². The summed E-state index contributed by atoms with van der Waals surface area (Å²) in [6.07, 6.45) is 0. The van der Waals surface area contributed by atoms with Gasteiger partial charge in [0.25, 0.3) is 5.22 Å². The second-order valence-electron chi connectivity index (χ2n) is 7.72. The summed E-state index contributed by atoms with van der Waals surface area (Å²) in [5, 5.41) is 5.20. The zero-order valence-corrected chi connectivity index (χ0v) is 19.9. The van der Waals surface area contributed by atoms with E-state index >= 15 is 0 Å². The van der Waals surface area contributed by atoms with Crippen molar-refractivity contribution in [1.29, 1.82) is 0 Å². The molecule has 0 radical (unpaired) electrons. The molecular formula is C24H19ClN4O2S2. The van der Waals surface area contributed by atoms with E-state index in [1.54, 1.807) is 17.4 Å². The first kappa shape index (κ1) is 21.1. The first-order valence-corrected chi connectivity index (χ1v) is 12.7. The van der Waals surface area contributed by atoms with Gasteiger partial charge in [0.1, 0.15) is 21.2 Å². The summed E-state index contributed by atoms with van der Waals surface area (Å²) in [6, 6.07) is 15.8. The normalized spacial score (nSPS) is 14.9. The maximum Gasteiger partial charge on any atom is 0.263 e. The third kappa shape index (κ3) is 4.37. The fraction of sp³-hybridized carbons (Fsp3) is 0.208. The molecule has 9 heteroatoms. The van der Waals surface area contributed by atoms with Crippen LogP contribution in [0.15, 0.2) is 68.6 Å². The van der Waals surface area contributed by atoms with Crippen molar-refractivity contribution < 1.29 is 9.15 Å². The molecule has 0 amide bonds. The highest BCUT2D eigenvalue weighted by atomic mass is 35.5. The summed E-state index contributed by atoms with van der Waals surface area (Å²) in [6.45, 7) is 3.94. The Morgan fingerprint density at radius 3 is 2.73 bits per heavy atom. The van der Waals surface area contributed by atoms with Gasteiger partial charge < -0.3 is 9.15 Å². The highest BCUT2D eigenvalue weighted by Gasteiger charge is 2.20. The molecule has 0 bridgehead atoms. The van der Waals surface area contributed by atoms with Crippen LogP contribution in [0.5, 0.6) is 0 Å². The van der Waals surface area contributed by atoms with Crippen LogP contribution in [0.2, 0.25) is 5.02 Å². The summed E-state index contributed by atoms with van der Waals surface area (Å²) >= 11 is 9.20. The Kier molecular flexibility index (Phi) is 5.77. The van der Waals surface area contributed by atoms with Crippen molar-refractivity contribution in [3.8, 4) is 11.1 Å². The Morgan fingerprint density at radius 2 is 1.88 bits per heavy atom. The molecule has 1 aliphatic heterocycles. The van der Waals surface area contributed by atoms with Crippen LogP contribution in [-0.2, 0) is 11.3 Å². The lowest BCUT2D eigenvalue weighted by molar-refractivity contribution is 0.0330. The number of thiophene rings is 1. The zero-order valence-electron chi connectivity index (χ0n) is 17.5. The SMILES string of the molecule is Clc1ccc2oc(Sc3nc(CN4CCOCC4)nc4scc(-c5ccccc5)c34)nc2c1. The van der Waals surface area contributed by atoms with Crippen LogP contribution >= 0.6 is 34.7 Å². The van der Waals surface area contributed by atoms with E-state index in [1.807, 2.05) is 30.3 Å². The first-order valence-electron chi connectivity index (χ1n) is 10.6. The molecule has 0 spiro atoms. The van der Waals surface area contributed by atoms with Gasteiger partial charge in [-0.15, -0.1) is 11.3 Å². The Morgan fingerprint density at radius 1 is 1.03 bits per heavy atom. The van der Waals surface area contributed by atoms with Crippen molar-refractivity contribution in [3.05, 3.63) is 64.8 Å². The van der Waals surface area contributed by atoms with Crippen molar-refractivity contribution in [2.45, 2.75) is 16.8 Å². The first-order chi connectivity index (χ1) is 16.2. The fourth-order valence-corrected chi connectivity index (χ4v) is 5.99. The summed E-state index contributed by atoms with van der Waals surface area (Å²) < 4.78 is 11.5. The zero-order chi connectivity index (χ0) is 22.2. The molecule has 0 N–H and O–H groups in total. The second kappa shape index (κ2) is 9.04. The van der Waals surface area contributed by atoms with Crippen LogP contribution in [-0.4, -0.2) is 46.2 Å². The van der Waals surface area contributed by atoms with Gasteiger partial charge in [-0.2, -0.15) is 0 Å². The monoisotopic (exact) mass is 494 g/mol. The lowest BCUT2D eigenvalue weighted by atomic mass is 10.1. The van der Waals surface area contributed by atoms with Crippen molar-refractivity contribution >= 4 is 56.0 Å². The van der Waals surface area contributed by atoms with Gasteiger partial charge in [-0.3, -0.25) is 4.90 Å². The van der Waals surface area contributed by atoms with E-state index in [4.69, 9.17) is 30.7 Å². The predicted molar refractivity (Wildman–Crippen MR) is 132 cm³/mol. The van der Waals surface area contributed by atoms with Gasteiger partial charge >= 0.3 is 0 Å². The summed E-state index contributed by atoms with van der Waals surface area (Å²) in [7, 11) is 0. The second-order valence-corrected chi connectivity index (χ2v) is 9.96. The van der Waals surface area contributed by atoms with Gasteiger partial charge in [-0.05, 0) is 35.5 Å². The predicted octanol–water partition coefficient (Wildman–Crippen LogP) is 6.14. The van der Waals surface area contributed by atoms with Crippen LogP contribution < -0.4 is 0 Å². The molecule has 1 aliphatic rings. The molecule has 6 rings (SSSR count). The van der Waals surface area contributed by atoms with E-state index in [0.29, 0.717) is 22.4 Å². The number of hydrogen-bond acceptors (Lipinski definition) is 8. The molecule has 166 valence electrons. The number of aromatic nitrogens is 3. The van der Waals surface area contributed by atoms with E-state index in [0.717, 1.165) is 64.0 Å². The van der Waals surface area contributed by atoms with Crippen molar-refractivity contribution in [3.63, 3.8) is 0 Å². The van der Waals surface area contributed by atoms with Crippen molar-refractivity contribution in [2.75, 3.05) is 26.3 Å². The van der Waals surface area contributed by atoms with Crippen molar-refractivity contribution in [1.82, 2.24) is 19.9 Å². The maximum absolute atomic E-state index is 6.13. The molecule has 0 atom stereocenters. The largest absolute Gasteiger partial charge is 0.431 e.